The molecule has 0 spiro atoms. The second-order valence-electron chi connectivity index (χ2n) is 5.93. The summed E-state index contributed by atoms with van der Waals surface area (Å²) >= 11 is 3.34. The molecule has 4 nitrogen and oxygen atoms in total. The van der Waals surface area contributed by atoms with Crippen molar-refractivity contribution >= 4 is 21.8 Å². The maximum absolute atomic E-state index is 12.3. The molecule has 0 fully saturated rings. The molecule has 2 aromatic rings. The number of amides is 1. The van der Waals surface area contributed by atoms with Gasteiger partial charge in [-0.05, 0) is 49.7 Å². The van der Waals surface area contributed by atoms with Gasteiger partial charge in [0.2, 0.25) is 0 Å². The molecule has 1 atom stereocenters. The van der Waals surface area contributed by atoms with E-state index in [1.54, 1.807) is 19.2 Å². The normalized spacial score (nSPS) is 11.9. The molecule has 1 amide bonds. The van der Waals surface area contributed by atoms with Crippen LogP contribution in [0.4, 0.5) is 0 Å². The summed E-state index contributed by atoms with van der Waals surface area (Å²) < 4.78 is 6.58. The van der Waals surface area contributed by atoms with Gasteiger partial charge in [0.1, 0.15) is 18.5 Å². The minimum atomic E-state index is -0.755. The van der Waals surface area contributed by atoms with Crippen molar-refractivity contribution in [2.75, 3.05) is 20.2 Å². The van der Waals surface area contributed by atoms with Gasteiger partial charge in [0, 0.05) is 23.6 Å². The number of aliphatic hydroxyl groups is 1. The summed E-state index contributed by atoms with van der Waals surface area (Å²) in [6.45, 7) is 4.34. The minimum Gasteiger partial charge on any atom is -0.491 e. The number of ether oxygens (including phenoxy) is 1. The lowest BCUT2D eigenvalue weighted by molar-refractivity contribution is 0.0562. The Balaban J connectivity index is 1.88. The Morgan fingerprint density at radius 1 is 1.21 bits per heavy atom. The van der Waals surface area contributed by atoms with Crippen molar-refractivity contribution < 1.29 is 14.6 Å². The van der Waals surface area contributed by atoms with Crippen LogP contribution in [0.1, 0.15) is 21.5 Å². The molecule has 0 bridgehead atoms. The standard InChI is InChI=1S/C19H22BrNO3/c1-13-4-9-18(14(2)10-13)24-12-17(22)11-21(3)19(23)15-5-7-16(20)8-6-15/h4-10,17,22H,11-12H2,1-3H3/t17-/m0/s1. The maximum Gasteiger partial charge on any atom is 0.253 e. The lowest BCUT2D eigenvalue weighted by Gasteiger charge is -2.21. The van der Waals surface area contributed by atoms with Gasteiger partial charge in [0.15, 0.2) is 0 Å². The fourth-order valence-corrected chi connectivity index (χ4v) is 2.68. The van der Waals surface area contributed by atoms with Crippen LogP contribution >= 0.6 is 15.9 Å². The number of rotatable bonds is 6. The van der Waals surface area contributed by atoms with Gasteiger partial charge in [0.25, 0.3) is 5.91 Å². The van der Waals surface area contributed by atoms with E-state index in [9.17, 15) is 9.90 Å². The summed E-state index contributed by atoms with van der Waals surface area (Å²) in [6.07, 6.45) is -0.755. The van der Waals surface area contributed by atoms with Crippen LogP contribution in [0, 0.1) is 13.8 Å². The number of likely N-dealkylation sites (N-methyl/N-ethyl adjacent to an activating group) is 1. The first-order valence-corrected chi connectivity index (χ1v) is 8.55. The number of hydrogen-bond donors (Lipinski definition) is 1. The number of hydrogen-bond acceptors (Lipinski definition) is 3. The predicted octanol–water partition coefficient (Wildman–Crippen LogP) is 3.58. The molecule has 0 unspecified atom stereocenters. The number of aliphatic hydroxyl groups excluding tert-OH is 1. The second-order valence-corrected chi connectivity index (χ2v) is 6.84. The van der Waals surface area contributed by atoms with E-state index in [0.29, 0.717) is 5.56 Å². The highest BCUT2D eigenvalue weighted by Crippen LogP contribution is 2.19. The average Bonchev–Trinajstić information content (AvgIpc) is 2.54. The summed E-state index contributed by atoms with van der Waals surface area (Å²) in [5, 5.41) is 10.1. The monoisotopic (exact) mass is 391 g/mol. The number of halogens is 1. The van der Waals surface area contributed by atoms with Gasteiger partial charge in [0.05, 0.1) is 0 Å². The highest BCUT2D eigenvalue weighted by molar-refractivity contribution is 9.10. The highest BCUT2D eigenvalue weighted by atomic mass is 79.9. The minimum absolute atomic E-state index is 0.131. The molecule has 5 heteroatoms. The smallest absolute Gasteiger partial charge is 0.253 e. The first-order chi connectivity index (χ1) is 11.4. The number of benzene rings is 2. The molecule has 0 heterocycles. The van der Waals surface area contributed by atoms with Crippen LogP contribution < -0.4 is 4.74 Å². The third kappa shape index (κ3) is 5.08. The SMILES string of the molecule is Cc1ccc(OC[C@@H](O)CN(C)C(=O)c2ccc(Br)cc2)c(C)c1. The van der Waals surface area contributed by atoms with Gasteiger partial charge in [-0.3, -0.25) is 4.79 Å². The van der Waals surface area contributed by atoms with Crippen molar-refractivity contribution in [3.05, 3.63) is 63.6 Å². The molecule has 0 saturated heterocycles. The Bertz CT molecular complexity index is 700. The highest BCUT2D eigenvalue weighted by Gasteiger charge is 2.16. The van der Waals surface area contributed by atoms with E-state index in [2.05, 4.69) is 15.9 Å². The first-order valence-electron chi connectivity index (χ1n) is 7.76. The van der Waals surface area contributed by atoms with Crippen LogP contribution in [0.25, 0.3) is 0 Å². The van der Waals surface area contributed by atoms with Crippen LogP contribution in [0.3, 0.4) is 0 Å². The van der Waals surface area contributed by atoms with E-state index in [-0.39, 0.29) is 19.1 Å². The molecule has 0 radical (unpaired) electrons. The lowest BCUT2D eigenvalue weighted by atomic mass is 10.1. The predicted molar refractivity (Wildman–Crippen MR) is 98.5 cm³/mol. The Morgan fingerprint density at radius 3 is 2.50 bits per heavy atom. The van der Waals surface area contributed by atoms with Crippen molar-refractivity contribution in [3.8, 4) is 5.75 Å². The van der Waals surface area contributed by atoms with Gasteiger partial charge in [-0.15, -0.1) is 0 Å². The summed E-state index contributed by atoms with van der Waals surface area (Å²) in [6, 6.07) is 13.0. The van der Waals surface area contributed by atoms with Crippen molar-refractivity contribution in [3.63, 3.8) is 0 Å². The molecule has 0 aliphatic carbocycles. The van der Waals surface area contributed by atoms with Crippen molar-refractivity contribution in [1.82, 2.24) is 4.90 Å². The maximum atomic E-state index is 12.3. The van der Waals surface area contributed by atoms with E-state index in [4.69, 9.17) is 4.74 Å². The Kier molecular flexibility index (Phi) is 6.40. The molecular formula is C19H22BrNO3. The van der Waals surface area contributed by atoms with Crippen LogP contribution in [0.5, 0.6) is 5.75 Å². The second kappa shape index (κ2) is 8.31. The summed E-state index contributed by atoms with van der Waals surface area (Å²) in [5.41, 5.74) is 2.78. The zero-order valence-electron chi connectivity index (χ0n) is 14.1. The molecule has 0 aliphatic rings. The molecule has 0 saturated carbocycles. The summed E-state index contributed by atoms with van der Waals surface area (Å²) in [7, 11) is 1.67. The van der Waals surface area contributed by atoms with Gasteiger partial charge < -0.3 is 14.7 Å². The fourth-order valence-electron chi connectivity index (χ4n) is 2.41. The topological polar surface area (TPSA) is 49.8 Å². The number of carbonyl (C=O) groups excluding carboxylic acids is 1. The van der Waals surface area contributed by atoms with E-state index in [1.807, 2.05) is 44.2 Å². The van der Waals surface area contributed by atoms with Crippen LogP contribution in [0.2, 0.25) is 0 Å². The number of aryl methyl sites for hydroxylation is 2. The zero-order chi connectivity index (χ0) is 17.7. The molecule has 2 aromatic carbocycles. The molecule has 128 valence electrons. The summed E-state index contributed by atoms with van der Waals surface area (Å²) in [4.78, 5) is 13.8. The van der Waals surface area contributed by atoms with Crippen molar-refractivity contribution in [1.29, 1.82) is 0 Å². The van der Waals surface area contributed by atoms with Gasteiger partial charge in [-0.25, -0.2) is 0 Å². The van der Waals surface area contributed by atoms with E-state index >= 15 is 0 Å². The van der Waals surface area contributed by atoms with E-state index in [1.165, 1.54) is 10.5 Å². The number of carbonyl (C=O) groups is 1. The molecule has 24 heavy (non-hydrogen) atoms. The third-order valence-electron chi connectivity index (χ3n) is 3.68. The average molecular weight is 392 g/mol. The van der Waals surface area contributed by atoms with Gasteiger partial charge in [-0.2, -0.15) is 0 Å². The first kappa shape index (κ1) is 18.5. The summed E-state index contributed by atoms with van der Waals surface area (Å²) in [5.74, 6) is 0.620. The van der Waals surface area contributed by atoms with E-state index in [0.717, 1.165) is 15.8 Å². The lowest BCUT2D eigenvalue weighted by Crippen LogP contribution is -2.37. The van der Waals surface area contributed by atoms with Gasteiger partial charge >= 0.3 is 0 Å². The van der Waals surface area contributed by atoms with Gasteiger partial charge in [-0.1, -0.05) is 33.6 Å². The molecule has 1 N–H and O–H groups in total. The van der Waals surface area contributed by atoms with Crippen LogP contribution in [-0.4, -0.2) is 42.2 Å². The Hall–Kier alpha value is -1.85. The Labute approximate surface area is 151 Å². The third-order valence-corrected chi connectivity index (χ3v) is 4.21. The quantitative estimate of drug-likeness (QED) is 0.818. The number of nitrogens with zero attached hydrogens (tertiary/aromatic N) is 1. The largest absolute Gasteiger partial charge is 0.491 e. The molecule has 0 aromatic heterocycles. The van der Waals surface area contributed by atoms with Crippen molar-refractivity contribution in [2.24, 2.45) is 0 Å². The molecule has 2 rings (SSSR count). The van der Waals surface area contributed by atoms with Crippen LogP contribution in [-0.2, 0) is 0 Å². The zero-order valence-corrected chi connectivity index (χ0v) is 15.7. The fraction of sp³-hybridized carbons (Fsp3) is 0.316. The van der Waals surface area contributed by atoms with Crippen LogP contribution in [0.15, 0.2) is 46.9 Å². The van der Waals surface area contributed by atoms with E-state index < -0.39 is 6.10 Å². The Morgan fingerprint density at radius 2 is 1.88 bits per heavy atom. The molecule has 0 aliphatic heterocycles. The molecular weight excluding hydrogens is 370 g/mol. The van der Waals surface area contributed by atoms with Crippen molar-refractivity contribution in [2.45, 2.75) is 20.0 Å².